The van der Waals surface area contributed by atoms with Crippen LogP contribution in [0.25, 0.3) is 5.69 Å². The van der Waals surface area contributed by atoms with Crippen molar-refractivity contribution in [2.24, 2.45) is 0 Å². The Bertz CT molecular complexity index is 1530. The standard InChI is InChI=1S/C21H18Cl2N6O7/c1-9(2)12-7-16(27-28(19(12)31)10(3)35-21(33)34-4)36-17-13(22)5-11(6-14(17)23)29-20(32)25-18(30)15(8-24)26-29/h5-7,9-10H,1-4H3,(H,25,30,32). The highest BCUT2D eigenvalue weighted by molar-refractivity contribution is 6.37. The molecule has 1 N–H and O–H groups in total. The van der Waals surface area contributed by atoms with E-state index in [2.05, 4.69) is 14.9 Å². The van der Waals surface area contributed by atoms with Crippen LogP contribution in [0.3, 0.4) is 0 Å². The van der Waals surface area contributed by atoms with Crippen LogP contribution in [0.2, 0.25) is 10.0 Å². The Morgan fingerprint density at radius 3 is 2.31 bits per heavy atom. The molecular formula is C21H18Cl2N6O7. The van der Waals surface area contributed by atoms with E-state index < -0.39 is 34.9 Å². The molecule has 3 rings (SSSR count). The topological polar surface area (TPSA) is 171 Å². The van der Waals surface area contributed by atoms with Crippen molar-refractivity contribution in [1.82, 2.24) is 24.5 Å². The van der Waals surface area contributed by atoms with Crippen LogP contribution in [-0.2, 0) is 9.47 Å². The second kappa shape index (κ2) is 10.6. The van der Waals surface area contributed by atoms with Crippen molar-refractivity contribution >= 4 is 29.4 Å². The number of nitrogens with one attached hydrogen (secondary N) is 1. The van der Waals surface area contributed by atoms with Gasteiger partial charge in [-0.2, -0.15) is 14.6 Å². The highest BCUT2D eigenvalue weighted by atomic mass is 35.5. The van der Waals surface area contributed by atoms with Gasteiger partial charge in [0.25, 0.3) is 11.1 Å². The van der Waals surface area contributed by atoms with Gasteiger partial charge in [-0.15, -0.1) is 10.2 Å². The van der Waals surface area contributed by atoms with Crippen LogP contribution in [0.15, 0.2) is 32.6 Å². The maximum atomic E-state index is 12.8. The third kappa shape index (κ3) is 5.40. The number of hydrogen-bond donors (Lipinski definition) is 1. The molecule has 0 amide bonds. The van der Waals surface area contributed by atoms with Crippen LogP contribution < -0.4 is 21.5 Å². The summed E-state index contributed by atoms with van der Waals surface area (Å²) in [7, 11) is 1.12. The van der Waals surface area contributed by atoms with Crippen molar-refractivity contribution in [1.29, 1.82) is 5.26 Å². The van der Waals surface area contributed by atoms with E-state index in [0.717, 1.165) is 16.5 Å². The lowest BCUT2D eigenvalue weighted by molar-refractivity contribution is 0.00700. The van der Waals surface area contributed by atoms with Crippen molar-refractivity contribution in [2.75, 3.05) is 7.11 Å². The van der Waals surface area contributed by atoms with Crippen LogP contribution in [0.4, 0.5) is 4.79 Å². The molecule has 0 saturated heterocycles. The van der Waals surface area contributed by atoms with Gasteiger partial charge in [-0.25, -0.2) is 9.59 Å². The average Bonchev–Trinajstić information content (AvgIpc) is 2.81. The van der Waals surface area contributed by atoms with Crippen LogP contribution in [0.5, 0.6) is 11.6 Å². The fraction of sp³-hybridized carbons (Fsp3) is 0.286. The van der Waals surface area contributed by atoms with E-state index in [1.54, 1.807) is 19.9 Å². The highest BCUT2D eigenvalue weighted by Gasteiger charge is 2.21. The number of aromatic amines is 1. The Balaban J connectivity index is 2.07. The Kier molecular flexibility index (Phi) is 7.81. The summed E-state index contributed by atoms with van der Waals surface area (Å²) >= 11 is 12.7. The number of aromatic nitrogens is 5. The minimum absolute atomic E-state index is 0.0380. The fourth-order valence-electron chi connectivity index (χ4n) is 2.97. The Labute approximate surface area is 212 Å². The number of H-pyrrole nitrogens is 1. The van der Waals surface area contributed by atoms with Crippen LogP contribution in [0, 0.1) is 11.3 Å². The maximum absolute atomic E-state index is 12.8. The zero-order valence-corrected chi connectivity index (χ0v) is 20.7. The number of carbonyl (C=O) groups excluding carboxylic acids is 1. The third-order valence-corrected chi connectivity index (χ3v) is 5.27. The van der Waals surface area contributed by atoms with E-state index in [4.69, 9.17) is 37.9 Å². The van der Waals surface area contributed by atoms with E-state index >= 15 is 0 Å². The first-order valence-electron chi connectivity index (χ1n) is 10.2. The number of nitrogens with zero attached hydrogens (tertiary/aromatic N) is 5. The van der Waals surface area contributed by atoms with Crippen LogP contribution in [-0.4, -0.2) is 37.8 Å². The number of benzene rings is 1. The number of nitriles is 1. The maximum Gasteiger partial charge on any atom is 0.509 e. The summed E-state index contributed by atoms with van der Waals surface area (Å²) in [6.45, 7) is 4.96. The monoisotopic (exact) mass is 536 g/mol. The molecule has 15 heteroatoms. The van der Waals surface area contributed by atoms with E-state index in [0.29, 0.717) is 5.56 Å². The highest BCUT2D eigenvalue weighted by Crippen LogP contribution is 2.37. The second-order valence-electron chi connectivity index (χ2n) is 7.49. The van der Waals surface area contributed by atoms with Crippen molar-refractivity contribution in [2.45, 2.75) is 32.9 Å². The largest absolute Gasteiger partial charge is 0.509 e. The van der Waals surface area contributed by atoms with E-state index in [1.807, 2.05) is 4.98 Å². The second-order valence-corrected chi connectivity index (χ2v) is 8.30. The number of hydrogen-bond acceptors (Lipinski definition) is 10. The molecule has 0 bridgehead atoms. The molecule has 0 aliphatic heterocycles. The van der Waals surface area contributed by atoms with Crippen LogP contribution in [0.1, 0.15) is 44.2 Å². The smallest absolute Gasteiger partial charge is 0.438 e. The molecule has 2 heterocycles. The first kappa shape index (κ1) is 26.5. The van der Waals surface area contributed by atoms with Crippen molar-refractivity contribution in [3.63, 3.8) is 0 Å². The molecule has 1 atom stereocenters. The molecule has 3 aromatic rings. The van der Waals surface area contributed by atoms with Gasteiger partial charge in [-0.1, -0.05) is 37.0 Å². The number of carbonyl (C=O) groups is 1. The summed E-state index contributed by atoms with van der Waals surface area (Å²) in [4.78, 5) is 50.1. The van der Waals surface area contributed by atoms with Crippen molar-refractivity contribution < 1.29 is 19.0 Å². The predicted octanol–water partition coefficient (Wildman–Crippen LogP) is 2.87. The SMILES string of the molecule is COC(=O)OC(C)n1nc(Oc2c(Cl)cc(-n3nc(C#N)c(=O)[nH]c3=O)cc2Cl)cc(C(C)C)c1=O. The Morgan fingerprint density at radius 2 is 1.75 bits per heavy atom. The summed E-state index contributed by atoms with van der Waals surface area (Å²) in [6, 6.07) is 5.49. The van der Waals surface area contributed by atoms with Gasteiger partial charge in [0.2, 0.25) is 11.6 Å². The zero-order chi connectivity index (χ0) is 26.7. The molecule has 1 unspecified atom stereocenters. The van der Waals surface area contributed by atoms with Gasteiger partial charge in [-0.3, -0.25) is 14.6 Å². The molecule has 188 valence electrons. The molecule has 1 aromatic carbocycles. The lowest BCUT2D eigenvalue weighted by Gasteiger charge is -2.18. The predicted molar refractivity (Wildman–Crippen MR) is 126 cm³/mol. The molecule has 36 heavy (non-hydrogen) atoms. The first-order valence-corrected chi connectivity index (χ1v) is 10.9. The zero-order valence-electron chi connectivity index (χ0n) is 19.2. The first-order chi connectivity index (χ1) is 17.0. The molecule has 13 nitrogen and oxygen atoms in total. The van der Waals surface area contributed by atoms with Crippen molar-refractivity contribution in [3.8, 4) is 23.4 Å². The van der Waals surface area contributed by atoms with Crippen molar-refractivity contribution in [3.05, 3.63) is 70.7 Å². The third-order valence-electron chi connectivity index (χ3n) is 4.71. The summed E-state index contributed by atoms with van der Waals surface area (Å²) in [5, 5.41) is 16.6. The molecule has 0 fully saturated rings. The van der Waals surface area contributed by atoms with E-state index in [1.165, 1.54) is 25.1 Å². The molecular weight excluding hydrogens is 519 g/mol. The molecule has 0 aliphatic rings. The van der Waals surface area contributed by atoms with Gasteiger partial charge in [0.05, 0.1) is 22.8 Å². The molecule has 2 aromatic heterocycles. The van der Waals surface area contributed by atoms with Gasteiger partial charge in [-0.05, 0) is 25.0 Å². The number of rotatable bonds is 6. The Hall–Kier alpha value is -4.15. The van der Waals surface area contributed by atoms with Gasteiger partial charge in [0.1, 0.15) is 6.07 Å². The van der Waals surface area contributed by atoms with Gasteiger partial charge in [0, 0.05) is 11.6 Å². The van der Waals surface area contributed by atoms with E-state index in [-0.39, 0.29) is 33.3 Å². The number of methoxy groups -OCH3 is 1. The quantitative estimate of drug-likeness (QED) is 0.461. The average molecular weight is 537 g/mol. The molecule has 0 saturated carbocycles. The number of ether oxygens (including phenoxy) is 3. The normalized spacial score (nSPS) is 11.6. The fourth-order valence-corrected chi connectivity index (χ4v) is 3.53. The number of halogens is 2. The molecule has 0 spiro atoms. The van der Waals surface area contributed by atoms with Gasteiger partial charge < -0.3 is 14.2 Å². The summed E-state index contributed by atoms with van der Waals surface area (Å²) in [5.74, 6) is -0.421. The minimum Gasteiger partial charge on any atom is -0.438 e. The lowest BCUT2D eigenvalue weighted by Crippen LogP contribution is -2.33. The Morgan fingerprint density at radius 1 is 1.11 bits per heavy atom. The van der Waals surface area contributed by atoms with Crippen LogP contribution >= 0.6 is 23.2 Å². The molecule has 0 radical (unpaired) electrons. The summed E-state index contributed by atoms with van der Waals surface area (Å²) in [5.41, 5.74) is -2.58. The summed E-state index contributed by atoms with van der Waals surface area (Å²) < 4.78 is 16.9. The minimum atomic E-state index is -1.13. The van der Waals surface area contributed by atoms with Gasteiger partial charge >= 0.3 is 11.8 Å². The lowest BCUT2D eigenvalue weighted by atomic mass is 10.1. The molecule has 0 aliphatic carbocycles. The summed E-state index contributed by atoms with van der Waals surface area (Å²) in [6.07, 6.45) is -2.15. The van der Waals surface area contributed by atoms with Gasteiger partial charge in [0.15, 0.2) is 12.0 Å². The van der Waals surface area contributed by atoms with E-state index in [9.17, 15) is 19.2 Å².